The number of carboxylic acid groups (broad SMARTS) is 1. The van der Waals surface area contributed by atoms with Gasteiger partial charge in [0.05, 0.1) is 0 Å². The minimum atomic E-state index is -1.12. The number of halogens is 2. The van der Waals surface area contributed by atoms with Crippen molar-refractivity contribution >= 4 is 6.09 Å². The number of alkyl halides is 1. The molecule has 4 aliphatic rings. The number of benzene rings is 1. The van der Waals surface area contributed by atoms with Gasteiger partial charge in [-0.05, 0) is 87.8 Å². The standard InChI is InChI=1S/C26H38F2N4O2/c27-21-5-1-4-20(14-21)26(18-31-10-3-11-31,22-6-2-7-23(22)30-24(33)34)19-8-12-32(13-9-19)17-25(28)15-29-16-25/h1,4-5,14,19,22-23,29-30H,2-3,6-13,15-18H2,(H,33,34)/t22-,23-,26?/m0/s1. The van der Waals surface area contributed by atoms with Crippen molar-refractivity contribution < 1.29 is 18.7 Å². The average molecular weight is 477 g/mol. The molecule has 4 fully saturated rings. The van der Waals surface area contributed by atoms with Gasteiger partial charge in [-0.3, -0.25) is 0 Å². The van der Waals surface area contributed by atoms with E-state index >= 15 is 0 Å². The van der Waals surface area contributed by atoms with Crippen LogP contribution >= 0.6 is 0 Å². The third kappa shape index (κ3) is 4.69. The van der Waals surface area contributed by atoms with Gasteiger partial charge in [0.2, 0.25) is 0 Å². The Bertz CT molecular complexity index is 870. The normalized spacial score (nSPS) is 29.7. The van der Waals surface area contributed by atoms with Gasteiger partial charge in [0.15, 0.2) is 0 Å². The summed E-state index contributed by atoms with van der Waals surface area (Å²) in [5, 5.41) is 15.4. The number of hydrogen-bond donors (Lipinski definition) is 3. The monoisotopic (exact) mass is 476 g/mol. The first-order chi connectivity index (χ1) is 16.4. The fourth-order valence-corrected chi connectivity index (χ4v) is 7.20. The quantitative estimate of drug-likeness (QED) is 0.538. The Hall–Kier alpha value is -1.77. The molecule has 5 rings (SSSR count). The topological polar surface area (TPSA) is 67.8 Å². The number of nitrogens with zero attached hydrogens (tertiary/aromatic N) is 2. The maximum atomic E-state index is 14.8. The SMILES string of the molecule is O=C(O)N[C@H]1CCC[C@@H]1C(CN1CCC1)(c1cccc(F)c1)C1CCN(CC2(F)CNC2)CC1. The predicted molar refractivity (Wildman–Crippen MR) is 127 cm³/mol. The first-order valence-electron chi connectivity index (χ1n) is 13.0. The second-order valence-electron chi connectivity index (χ2n) is 11.1. The van der Waals surface area contributed by atoms with E-state index in [4.69, 9.17) is 0 Å². The van der Waals surface area contributed by atoms with E-state index in [1.807, 2.05) is 0 Å². The Kier molecular flexibility index (Phi) is 6.84. The van der Waals surface area contributed by atoms with Gasteiger partial charge in [0.25, 0.3) is 0 Å². The van der Waals surface area contributed by atoms with E-state index < -0.39 is 11.8 Å². The van der Waals surface area contributed by atoms with Crippen molar-refractivity contribution in [2.24, 2.45) is 11.8 Å². The summed E-state index contributed by atoms with van der Waals surface area (Å²) in [6, 6.07) is 6.92. The predicted octanol–water partition coefficient (Wildman–Crippen LogP) is 3.23. The number of hydrogen-bond acceptors (Lipinski definition) is 4. The largest absolute Gasteiger partial charge is 0.465 e. The van der Waals surface area contributed by atoms with E-state index in [1.54, 1.807) is 12.1 Å². The zero-order valence-electron chi connectivity index (χ0n) is 19.9. The lowest BCUT2D eigenvalue weighted by atomic mass is 9.57. The summed E-state index contributed by atoms with van der Waals surface area (Å²) in [5.74, 6) is 0.175. The number of carbonyl (C=O) groups is 1. The van der Waals surface area contributed by atoms with E-state index in [9.17, 15) is 18.7 Å². The van der Waals surface area contributed by atoms with E-state index in [1.165, 1.54) is 12.5 Å². The van der Waals surface area contributed by atoms with Crippen molar-refractivity contribution in [1.82, 2.24) is 20.4 Å². The number of nitrogens with one attached hydrogen (secondary N) is 2. The minimum Gasteiger partial charge on any atom is -0.465 e. The van der Waals surface area contributed by atoms with Crippen LogP contribution in [0.4, 0.5) is 13.6 Å². The molecule has 34 heavy (non-hydrogen) atoms. The van der Waals surface area contributed by atoms with Gasteiger partial charge in [-0.25, -0.2) is 13.6 Å². The van der Waals surface area contributed by atoms with Crippen molar-refractivity contribution in [2.75, 3.05) is 52.4 Å². The molecule has 188 valence electrons. The lowest BCUT2D eigenvalue weighted by Gasteiger charge is -2.54. The van der Waals surface area contributed by atoms with Crippen LogP contribution in [-0.4, -0.2) is 85.1 Å². The maximum Gasteiger partial charge on any atom is 0.404 e. The molecule has 1 aromatic rings. The van der Waals surface area contributed by atoms with Crippen molar-refractivity contribution in [2.45, 2.75) is 55.7 Å². The van der Waals surface area contributed by atoms with Gasteiger partial charge < -0.3 is 25.5 Å². The van der Waals surface area contributed by atoms with Crippen LogP contribution in [0.3, 0.4) is 0 Å². The first-order valence-corrected chi connectivity index (χ1v) is 13.0. The molecule has 1 aliphatic carbocycles. The van der Waals surface area contributed by atoms with Crippen LogP contribution in [0, 0.1) is 17.7 Å². The van der Waals surface area contributed by atoms with Gasteiger partial charge in [-0.15, -0.1) is 0 Å². The molecule has 8 heteroatoms. The van der Waals surface area contributed by atoms with E-state index in [0.29, 0.717) is 25.6 Å². The number of rotatable bonds is 8. The minimum absolute atomic E-state index is 0.117. The Labute approximate surface area is 201 Å². The second-order valence-corrected chi connectivity index (χ2v) is 11.1. The van der Waals surface area contributed by atoms with Crippen LogP contribution in [0.15, 0.2) is 24.3 Å². The summed E-state index contributed by atoms with van der Waals surface area (Å²) in [7, 11) is 0. The fourth-order valence-electron chi connectivity index (χ4n) is 7.20. The smallest absolute Gasteiger partial charge is 0.404 e. The van der Waals surface area contributed by atoms with Crippen molar-refractivity contribution in [3.63, 3.8) is 0 Å². The lowest BCUT2D eigenvalue weighted by molar-refractivity contribution is -0.000662. The number of piperidine rings is 1. The Morgan fingerprint density at radius 3 is 2.47 bits per heavy atom. The summed E-state index contributed by atoms with van der Waals surface area (Å²) < 4.78 is 29.4. The van der Waals surface area contributed by atoms with Crippen LogP contribution in [0.2, 0.25) is 0 Å². The highest BCUT2D eigenvalue weighted by molar-refractivity contribution is 5.65. The Balaban J connectivity index is 1.47. The highest BCUT2D eigenvalue weighted by atomic mass is 19.1. The molecule has 1 saturated carbocycles. The summed E-state index contributed by atoms with van der Waals surface area (Å²) in [6.45, 7) is 5.90. The van der Waals surface area contributed by atoms with Gasteiger partial charge >= 0.3 is 6.09 Å². The highest BCUT2D eigenvalue weighted by Crippen LogP contribution is 2.51. The third-order valence-electron chi connectivity index (χ3n) is 8.99. The molecule has 0 spiro atoms. The lowest BCUT2D eigenvalue weighted by Crippen LogP contribution is -2.63. The summed E-state index contributed by atoms with van der Waals surface area (Å²) in [6.07, 6.45) is 4.77. The second kappa shape index (κ2) is 9.70. The molecule has 1 amide bonds. The molecule has 3 aliphatic heterocycles. The number of amides is 1. The molecule has 0 aromatic heterocycles. The molecule has 3 atom stereocenters. The molecule has 1 unspecified atom stereocenters. The maximum absolute atomic E-state index is 14.8. The Morgan fingerprint density at radius 1 is 1.12 bits per heavy atom. The molecule has 6 nitrogen and oxygen atoms in total. The third-order valence-corrected chi connectivity index (χ3v) is 8.99. The van der Waals surface area contributed by atoms with Crippen LogP contribution in [0.5, 0.6) is 0 Å². The van der Waals surface area contributed by atoms with Crippen molar-refractivity contribution in [1.29, 1.82) is 0 Å². The van der Waals surface area contributed by atoms with Crippen LogP contribution in [0.1, 0.15) is 44.1 Å². The van der Waals surface area contributed by atoms with Crippen molar-refractivity contribution in [3.8, 4) is 0 Å². The van der Waals surface area contributed by atoms with Crippen LogP contribution in [-0.2, 0) is 5.41 Å². The van der Waals surface area contributed by atoms with E-state index in [2.05, 4.69) is 26.5 Å². The van der Waals surface area contributed by atoms with Crippen molar-refractivity contribution in [3.05, 3.63) is 35.6 Å². The van der Waals surface area contributed by atoms with E-state index in [-0.39, 0.29) is 23.2 Å². The van der Waals surface area contributed by atoms with E-state index in [0.717, 1.165) is 70.4 Å². The van der Waals surface area contributed by atoms with Gasteiger partial charge in [0.1, 0.15) is 11.5 Å². The van der Waals surface area contributed by atoms with Gasteiger partial charge in [0, 0.05) is 37.6 Å². The zero-order chi connectivity index (χ0) is 23.8. The fraction of sp³-hybridized carbons (Fsp3) is 0.731. The molecule has 3 N–H and O–H groups in total. The summed E-state index contributed by atoms with van der Waals surface area (Å²) in [5.41, 5.74) is -0.442. The zero-order valence-corrected chi connectivity index (χ0v) is 19.9. The molecule has 3 heterocycles. The summed E-state index contributed by atoms with van der Waals surface area (Å²) in [4.78, 5) is 16.4. The molecule has 3 saturated heterocycles. The molecule has 0 radical (unpaired) electrons. The molecular weight excluding hydrogens is 438 g/mol. The molecule has 0 bridgehead atoms. The number of likely N-dealkylation sites (tertiary alicyclic amines) is 2. The highest BCUT2D eigenvalue weighted by Gasteiger charge is 2.53. The summed E-state index contributed by atoms with van der Waals surface area (Å²) >= 11 is 0. The van der Waals surface area contributed by atoms with Gasteiger partial charge in [-0.1, -0.05) is 18.6 Å². The van der Waals surface area contributed by atoms with Crippen LogP contribution < -0.4 is 10.6 Å². The van der Waals surface area contributed by atoms with Crippen LogP contribution in [0.25, 0.3) is 0 Å². The molecule has 1 aromatic carbocycles. The average Bonchev–Trinajstić information content (AvgIpc) is 3.21. The van der Waals surface area contributed by atoms with Gasteiger partial charge in [-0.2, -0.15) is 0 Å². The molecular formula is C26H38F2N4O2. The first kappa shape index (κ1) is 23.9. The Morgan fingerprint density at radius 2 is 1.88 bits per heavy atom.